The molecule has 0 fully saturated rings. The lowest BCUT2D eigenvalue weighted by atomic mass is 10.2. The minimum Gasteiger partial charge on any atom is -0.459 e. The largest absolute Gasteiger partial charge is 0.459 e. The molecule has 26 heavy (non-hydrogen) atoms. The average Bonchev–Trinajstić information content (AvgIpc) is 3.27. The number of nitrogens with zero attached hydrogens (tertiary/aromatic N) is 4. The van der Waals surface area contributed by atoms with E-state index in [4.69, 9.17) is 8.83 Å². The van der Waals surface area contributed by atoms with Crippen LogP contribution in [-0.2, 0) is 6.54 Å². The standard InChI is InChI=1S/C17H12N4O5/c1-10-14(19-16(26-10)15-3-2-6-25-15)8-20-9-18-13-5-4-11(21(23)24)7-12(13)17(20)22/h2-7,9H,8H2,1H3. The average molecular weight is 352 g/mol. The molecule has 1 aromatic carbocycles. The number of furan rings is 1. The van der Waals surface area contributed by atoms with Gasteiger partial charge in [-0.15, -0.1) is 0 Å². The number of aromatic nitrogens is 3. The molecule has 4 rings (SSSR count). The lowest BCUT2D eigenvalue weighted by molar-refractivity contribution is -0.384. The van der Waals surface area contributed by atoms with Crippen molar-refractivity contribution >= 4 is 16.6 Å². The summed E-state index contributed by atoms with van der Waals surface area (Å²) in [6.45, 7) is 1.86. The van der Waals surface area contributed by atoms with Crippen molar-refractivity contribution in [2.75, 3.05) is 0 Å². The molecule has 0 aliphatic heterocycles. The molecule has 130 valence electrons. The van der Waals surface area contributed by atoms with Crippen molar-refractivity contribution in [3.05, 3.63) is 74.8 Å². The van der Waals surface area contributed by atoms with Crippen molar-refractivity contribution in [2.45, 2.75) is 13.5 Å². The van der Waals surface area contributed by atoms with E-state index in [-0.39, 0.29) is 23.2 Å². The molecule has 0 saturated heterocycles. The van der Waals surface area contributed by atoms with Crippen molar-refractivity contribution in [2.24, 2.45) is 0 Å². The zero-order valence-electron chi connectivity index (χ0n) is 13.6. The highest BCUT2D eigenvalue weighted by Crippen LogP contribution is 2.22. The minimum atomic E-state index is -0.548. The molecule has 9 heteroatoms. The second-order valence-corrected chi connectivity index (χ2v) is 5.64. The van der Waals surface area contributed by atoms with Crippen LogP contribution in [0, 0.1) is 17.0 Å². The van der Waals surface area contributed by atoms with E-state index in [2.05, 4.69) is 9.97 Å². The SMILES string of the molecule is Cc1oc(-c2ccco2)nc1Cn1cnc2ccc([N+](=O)[O-])cc2c1=O. The Balaban J connectivity index is 1.75. The minimum absolute atomic E-state index is 0.126. The molecule has 0 unspecified atom stereocenters. The molecule has 4 aromatic rings. The number of fused-ring (bicyclic) bond motifs is 1. The van der Waals surface area contributed by atoms with Crippen molar-refractivity contribution < 1.29 is 13.8 Å². The van der Waals surface area contributed by atoms with Gasteiger partial charge in [-0.25, -0.2) is 9.97 Å². The van der Waals surface area contributed by atoms with E-state index in [0.29, 0.717) is 28.6 Å². The first kappa shape index (κ1) is 15.8. The Morgan fingerprint density at radius 3 is 2.88 bits per heavy atom. The summed E-state index contributed by atoms with van der Waals surface area (Å²) in [5.41, 5.74) is 0.391. The zero-order chi connectivity index (χ0) is 18.3. The fourth-order valence-corrected chi connectivity index (χ4v) is 2.61. The maximum absolute atomic E-state index is 12.7. The van der Waals surface area contributed by atoms with Crippen LogP contribution in [0.15, 0.2) is 56.6 Å². The highest BCUT2D eigenvalue weighted by molar-refractivity contribution is 5.79. The highest BCUT2D eigenvalue weighted by atomic mass is 16.6. The first-order valence-corrected chi connectivity index (χ1v) is 7.66. The topological polar surface area (TPSA) is 117 Å². The van der Waals surface area contributed by atoms with Gasteiger partial charge in [-0.05, 0) is 25.1 Å². The summed E-state index contributed by atoms with van der Waals surface area (Å²) in [4.78, 5) is 31.6. The van der Waals surface area contributed by atoms with Crippen molar-refractivity contribution in [3.8, 4) is 11.7 Å². The lowest BCUT2D eigenvalue weighted by Crippen LogP contribution is -2.21. The second kappa shape index (κ2) is 5.96. The molecule has 0 atom stereocenters. The van der Waals surface area contributed by atoms with Crippen LogP contribution < -0.4 is 5.56 Å². The molecule has 0 saturated carbocycles. The van der Waals surface area contributed by atoms with Gasteiger partial charge in [0, 0.05) is 12.1 Å². The predicted molar refractivity (Wildman–Crippen MR) is 90.7 cm³/mol. The number of non-ortho nitro benzene ring substituents is 1. The summed E-state index contributed by atoms with van der Waals surface area (Å²) in [7, 11) is 0. The number of hydrogen-bond donors (Lipinski definition) is 0. The fourth-order valence-electron chi connectivity index (χ4n) is 2.61. The van der Waals surface area contributed by atoms with E-state index < -0.39 is 4.92 Å². The van der Waals surface area contributed by atoms with Crippen molar-refractivity contribution in [3.63, 3.8) is 0 Å². The van der Waals surface area contributed by atoms with Gasteiger partial charge in [-0.1, -0.05) is 0 Å². The summed E-state index contributed by atoms with van der Waals surface area (Å²) < 4.78 is 12.2. The smallest absolute Gasteiger partial charge is 0.270 e. The molecular weight excluding hydrogens is 340 g/mol. The molecule has 0 aliphatic carbocycles. The van der Waals surface area contributed by atoms with Gasteiger partial charge < -0.3 is 8.83 Å². The summed E-state index contributed by atoms with van der Waals surface area (Å²) in [6, 6.07) is 7.44. The number of nitro benzene ring substituents is 1. The van der Waals surface area contributed by atoms with E-state index in [1.54, 1.807) is 19.1 Å². The lowest BCUT2D eigenvalue weighted by Gasteiger charge is -2.05. The zero-order valence-corrected chi connectivity index (χ0v) is 13.6. The molecule has 0 N–H and O–H groups in total. The van der Waals surface area contributed by atoms with Crippen LogP contribution in [-0.4, -0.2) is 19.5 Å². The summed E-state index contributed by atoms with van der Waals surface area (Å²) >= 11 is 0. The number of aryl methyl sites for hydroxylation is 1. The Hall–Kier alpha value is -3.75. The van der Waals surface area contributed by atoms with Crippen molar-refractivity contribution in [1.29, 1.82) is 0 Å². The molecule has 9 nitrogen and oxygen atoms in total. The van der Waals surface area contributed by atoms with Gasteiger partial charge in [0.1, 0.15) is 11.5 Å². The van der Waals surface area contributed by atoms with Gasteiger partial charge in [0.2, 0.25) is 0 Å². The van der Waals surface area contributed by atoms with Crippen LogP contribution in [0.2, 0.25) is 0 Å². The van der Waals surface area contributed by atoms with E-state index in [0.717, 1.165) is 0 Å². The van der Waals surface area contributed by atoms with E-state index in [9.17, 15) is 14.9 Å². The number of benzene rings is 1. The molecule has 0 radical (unpaired) electrons. The Kier molecular flexibility index (Phi) is 3.61. The molecule has 3 heterocycles. The molecule has 0 spiro atoms. The van der Waals surface area contributed by atoms with Crippen molar-refractivity contribution in [1.82, 2.24) is 14.5 Å². The summed E-state index contributed by atoms with van der Waals surface area (Å²) in [5.74, 6) is 1.35. The number of nitro groups is 1. The molecule has 0 aliphatic rings. The predicted octanol–water partition coefficient (Wildman–Crippen LogP) is 2.91. The first-order chi connectivity index (χ1) is 12.5. The van der Waals surface area contributed by atoms with Gasteiger partial charge in [-0.3, -0.25) is 19.5 Å². The van der Waals surface area contributed by atoms with Crippen LogP contribution >= 0.6 is 0 Å². The number of rotatable bonds is 4. The van der Waals surface area contributed by atoms with Crippen LogP contribution in [0.1, 0.15) is 11.5 Å². The molecule has 0 amide bonds. The van der Waals surface area contributed by atoms with Gasteiger partial charge in [-0.2, -0.15) is 0 Å². The van der Waals surface area contributed by atoms with Gasteiger partial charge in [0.05, 0.1) is 35.0 Å². The molecule has 0 bridgehead atoms. The van der Waals surface area contributed by atoms with E-state index in [1.165, 1.54) is 35.4 Å². The third-order valence-corrected chi connectivity index (χ3v) is 3.96. The normalized spacial score (nSPS) is 11.1. The number of hydrogen-bond acceptors (Lipinski definition) is 7. The fraction of sp³-hybridized carbons (Fsp3) is 0.118. The first-order valence-electron chi connectivity index (χ1n) is 7.66. The number of oxazole rings is 1. The van der Waals surface area contributed by atoms with Gasteiger partial charge in [0.15, 0.2) is 5.76 Å². The highest BCUT2D eigenvalue weighted by Gasteiger charge is 2.16. The third-order valence-electron chi connectivity index (χ3n) is 3.96. The monoisotopic (exact) mass is 352 g/mol. The maximum atomic E-state index is 12.7. The summed E-state index contributed by atoms with van der Waals surface area (Å²) in [5, 5.41) is 11.1. The Morgan fingerprint density at radius 1 is 1.31 bits per heavy atom. The third kappa shape index (κ3) is 2.65. The molecule has 3 aromatic heterocycles. The van der Waals surface area contributed by atoms with Crippen LogP contribution in [0.3, 0.4) is 0 Å². The van der Waals surface area contributed by atoms with Gasteiger partial charge in [0.25, 0.3) is 17.1 Å². The van der Waals surface area contributed by atoms with Crippen LogP contribution in [0.25, 0.3) is 22.6 Å². The molecular formula is C17H12N4O5. The summed E-state index contributed by atoms with van der Waals surface area (Å²) in [6.07, 6.45) is 2.90. The van der Waals surface area contributed by atoms with E-state index in [1.807, 2.05) is 0 Å². The van der Waals surface area contributed by atoms with E-state index >= 15 is 0 Å². The maximum Gasteiger partial charge on any atom is 0.270 e. The second-order valence-electron chi connectivity index (χ2n) is 5.64. The van der Waals surface area contributed by atoms with Crippen LogP contribution in [0.5, 0.6) is 0 Å². The van der Waals surface area contributed by atoms with Crippen LogP contribution in [0.4, 0.5) is 5.69 Å². The van der Waals surface area contributed by atoms with Gasteiger partial charge >= 0.3 is 0 Å². The Morgan fingerprint density at radius 2 is 2.15 bits per heavy atom. The quantitative estimate of drug-likeness (QED) is 0.409. The Bertz CT molecular complexity index is 1170. The Labute approximate surface area is 145 Å².